The Morgan fingerprint density at radius 3 is 2.34 bits per heavy atom. The van der Waals surface area contributed by atoms with Crippen molar-refractivity contribution in [2.75, 3.05) is 13.2 Å². The second-order valence-corrected chi connectivity index (χ2v) is 12.9. The van der Waals surface area contributed by atoms with Gasteiger partial charge in [-0.25, -0.2) is 0 Å². The Bertz CT molecular complexity index is 787. The van der Waals surface area contributed by atoms with Gasteiger partial charge >= 0.3 is 5.97 Å². The van der Waals surface area contributed by atoms with Crippen LogP contribution in [0.25, 0.3) is 0 Å². The van der Waals surface area contributed by atoms with Crippen molar-refractivity contribution in [3.63, 3.8) is 0 Å². The van der Waals surface area contributed by atoms with E-state index in [1.165, 1.54) is 26.2 Å². The minimum atomic E-state index is -1.42. The first-order valence-electron chi connectivity index (χ1n) is 13.4. The average molecular weight is 499 g/mol. The van der Waals surface area contributed by atoms with E-state index < -0.39 is 42.3 Å². The molecular formula is C27H46O8. The molecule has 2 saturated carbocycles. The number of carbonyl (C=O) groups excluding carboxylic acids is 1. The lowest BCUT2D eigenvalue weighted by atomic mass is 9.44. The molecule has 2 saturated heterocycles. The van der Waals surface area contributed by atoms with Gasteiger partial charge in [0.1, 0.15) is 31.0 Å². The van der Waals surface area contributed by atoms with E-state index in [1.54, 1.807) is 0 Å². The molecule has 10 atom stereocenters. The topological polar surface area (TPSA) is 115 Å². The number of hydrogen-bond acceptors (Lipinski definition) is 8. The molecule has 0 amide bonds. The summed E-state index contributed by atoms with van der Waals surface area (Å²) in [6.45, 7) is 12.7. The van der Waals surface area contributed by atoms with Gasteiger partial charge in [0.25, 0.3) is 0 Å². The highest BCUT2D eigenvalue weighted by Gasteiger charge is 2.62. The molecule has 0 aromatic carbocycles. The fourth-order valence-corrected chi connectivity index (χ4v) is 8.22. The van der Waals surface area contributed by atoms with Gasteiger partial charge in [-0.1, -0.05) is 27.2 Å². The van der Waals surface area contributed by atoms with Gasteiger partial charge in [0.2, 0.25) is 0 Å². The number of fused-ring (bicyclic) bond motifs is 3. The molecule has 35 heavy (non-hydrogen) atoms. The van der Waals surface area contributed by atoms with Crippen molar-refractivity contribution in [1.82, 2.24) is 0 Å². The highest BCUT2D eigenvalue weighted by molar-refractivity contribution is 5.65. The molecule has 0 radical (unpaired) electrons. The normalized spacial score (nSPS) is 48.4. The van der Waals surface area contributed by atoms with Gasteiger partial charge < -0.3 is 34.3 Å². The van der Waals surface area contributed by atoms with E-state index in [-0.39, 0.29) is 24.2 Å². The molecule has 0 spiro atoms. The first kappa shape index (κ1) is 27.3. The van der Waals surface area contributed by atoms with Crippen molar-refractivity contribution in [3.05, 3.63) is 0 Å². The molecule has 8 heteroatoms. The van der Waals surface area contributed by atoms with Gasteiger partial charge in [0.15, 0.2) is 6.29 Å². The Hall–Kier alpha value is -0.770. The molecule has 2 aliphatic carbocycles. The molecule has 10 unspecified atom stereocenters. The van der Waals surface area contributed by atoms with Gasteiger partial charge in [-0.15, -0.1) is 0 Å². The first-order valence-corrected chi connectivity index (χ1v) is 13.4. The van der Waals surface area contributed by atoms with Crippen molar-refractivity contribution in [1.29, 1.82) is 0 Å². The molecule has 0 aromatic heterocycles. The summed E-state index contributed by atoms with van der Waals surface area (Å²) in [6.07, 6.45) is 1.66. The van der Waals surface area contributed by atoms with Crippen LogP contribution in [0, 0.1) is 22.7 Å². The predicted octanol–water partition coefficient (Wildman–Crippen LogP) is 2.94. The summed E-state index contributed by atoms with van der Waals surface area (Å²) in [4.78, 5) is 11.7. The summed E-state index contributed by atoms with van der Waals surface area (Å²) < 4.78 is 24.0. The molecule has 3 N–H and O–H groups in total. The number of ether oxygens (including phenoxy) is 4. The molecule has 8 nitrogen and oxygen atoms in total. The number of aliphatic hydroxyl groups is 3. The lowest BCUT2D eigenvalue weighted by molar-refractivity contribution is -0.334. The van der Waals surface area contributed by atoms with Crippen LogP contribution in [0.5, 0.6) is 0 Å². The molecule has 4 rings (SSSR count). The molecule has 4 fully saturated rings. The number of aliphatic hydroxyl groups excluding tert-OH is 3. The lowest BCUT2D eigenvalue weighted by Crippen LogP contribution is -2.66. The van der Waals surface area contributed by atoms with Crippen LogP contribution in [0.1, 0.15) is 86.5 Å². The maximum Gasteiger partial charge on any atom is 0.302 e. The molecule has 202 valence electrons. The van der Waals surface area contributed by atoms with Crippen LogP contribution >= 0.6 is 0 Å². The zero-order valence-electron chi connectivity index (χ0n) is 22.3. The zero-order chi connectivity index (χ0) is 25.8. The van der Waals surface area contributed by atoms with Crippen LogP contribution in [-0.4, -0.2) is 76.4 Å². The molecule has 4 aliphatic rings. The molecular weight excluding hydrogens is 452 g/mol. The third-order valence-electron chi connectivity index (χ3n) is 10.0. The first-order chi connectivity index (χ1) is 16.2. The van der Waals surface area contributed by atoms with Gasteiger partial charge in [-0.3, -0.25) is 4.79 Å². The summed E-state index contributed by atoms with van der Waals surface area (Å²) in [5.41, 5.74) is -0.579. The number of carbonyl (C=O) groups is 1. The zero-order valence-corrected chi connectivity index (χ0v) is 22.3. The Morgan fingerprint density at radius 2 is 1.66 bits per heavy atom. The van der Waals surface area contributed by atoms with Crippen LogP contribution in [0.2, 0.25) is 0 Å². The van der Waals surface area contributed by atoms with Gasteiger partial charge in [0, 0.05) is 6.92 Å². The van der Waals surface area contributed by atoms with Crippen LogP contribution in [0.15, 0.2) is 0 Å². The number of hydrogen-bond donors (Lipinski definition) is 3. The van der Waals surface area contributed by atoms with Crippen LogP contribution in [0.4, 0.5) is 0 Å². The van der Waals surface area contributed by atoms with Gasteiger partial charge in [0.05, 0.1) is 17.8 Å². The van der Waals surface area contributed by atoms with Crippen molar-refractivity contribution in [3.8, 4) is 0 Å². The van der Waals surface area contributed by atoms with E-state index in [0.29, 0.717) is 17.3 Å². The Labute approximate surface area is 209 Å². The second-order valence-electron chi connectivity index (χ2n) is 12.9. The third-order valence-corrected chi connectivity index (χ3v) is 10.0. The smallest absolute Gasteiger partial charge is 0.302 e. The summed E-state index contributed by atoms with van der Waals surface area (Å²) in [5.74, 6) is 0.658. The lowest BCUT2D eigenvalue weighted by Gasteiger charge is -2.65. The SMILES string of the molecule is CC(=O)OCC(OC1OCC(O)C(O)C1O)C1(C)CCC2C(C)(CCC3C(C)(C)CCCC32C)O1. The monoisotopic (exact) mass is 498 g/mol. The summed E-state index contributed by atoms with van der Waals surface area (Å²) in [5, 5.41) is 30.4. The Kier molecular flexibility index (Phi) is 7.41. The van der Waals surface area contributed by atoms with E-state index in [4.69, 9.17) is 18.9 Å². The molecule has 2 heterocycles. The van der Waals surface area contributed by atoms with Crippen molar-refractivity contribution in [2.24, 2.45) is 22.7 Å². The van der Waals surface area contributed by atoms with Crippen molar-refractivity contribution >= 4 is 5.97 Å². The molecule has 0 aromatic rings. The highest BCUT2D eigenvalue weighted by atomic mass is 16.7. The quantitative estimate of drug-likeness (QED) is 0.496. The van der Waals surface area contributed by atoms with Gasteiger partial charge in [-0.2, -0.15) is 0 Å². The predicted molar refractivity (Wildman–Crippen MR) is 128 cm³/mol. The minimum absolute atomic E-state index is 0.0509. The fraction of sp³-hybridized carbons (Fsp3) is 0.963. The summed E-state index contributed by atoms with van der Waals surface area (Å²) in [7, 11) is 0. The fourth-order valence-electron chi connectivity index (χ4n) is 8.22. The molecule has 2 aliphatic heterocycles. The van der Waals surface area contributed by atoms with Crippen LogP contribution < -0.4 is 0 Å². The van der Waals surface area contributed by atoms with E-state index in [9.17, 15) is 20.1 Å². The van der Waals surface area contributed by atoms with Crippen molar-refractivity contribution in [2.45, 2.75) is 128 Å². The van der Waals surface area contributed by atoms with E-state index in [1.807, 2.05) is 6.92 Å². The van der Waals surface area contributed by atoms with E-state index in [2.05, 4.69) is 27.7 Å². The summed E-state index contributed by atoms with van der Waals surface area (Å²) >= 11 is 0. The van der Waals surface area contributed by atoms with Crippen molar-refractivity contribution < 1.29 is 39.1 Å². The minimum Gasteiger partial charge on any atom is -0.463 e. The highest BCUT2D eigenvalue weighted by Crippen LogP contribution is 2.65. The van der Waals surface area contributed by atoms with Crippen LogP contribution in [-0.2, 0) is 23.7 Å². The maximum atomic E-state index is 11.7. The standard InChI is InChI=1S/C27H46O8/c1-16(28)32-15-20(34-23-22(31)21(30)17(29)14-33-23)27(6)13-9-19-25(4)11-7-10-24(2,3)18(25)8-12-26(19,5)35-27/h17-23,29-31H,7-15H2,1-6H3. The van der Waals surface area contributed by atoms with Crippen LogP contribution in [0.3, 0.4) is 0 Å². The number of esters is 1. The summed E-state index contributed by atoms with van der Waals surface area (Å²) in [6, 6.07) is 0. The largest absolute Gasteiger partial charge is 0.463 e. The second kappa shape index (κ2) is 9.52. The third kappa shape index (κ3) is 4.91. The average Bonchev–Trinajstić information content (AvgIpc) is 2.74. The number of rotatable bonds is 5. The maximum absolute atomic E-state index is 11.7. The van der Waals surface area contributed by atoms with E-state index in [0.717, 1.165) is 25.7 Å². The van der Waals surface area contributed by atoms with E-state index >= 15 is 0 Å². The Morgan fingerprint density at radius 1 is 0.971 bits per heavy atom. The Balaban J connectivity index is 1.56. The molecule has 0 bridgehead atoms. The van der Waals surface area contributed by atoms with Gasteiger partial charge in [-0.05, 0) is 75.0 Å².